The third kappa shape index (κ3) is 4.35. The van der Waals surface area contributed by atoms with Crippen LogP contribution in [0.25, 0.3) is 5.57 Å². The van der Waals surface area contributed by atoms with Crippen molar-refractivity contribution in [2.45, 2.75) is 51.7 Å². The molecule has 2 aromatic carbocycles. The average molecular weight is 444 g/mol. The molecule has 3 amide bonds. The maximum absolute atomic E-state index is 13.0. The van der Waals surface area contributed by atoms with E-state index in [0.29, 0.717) is 18.5 Å². The molecule has 0 spiro atoms. The Kier molecular flexibility index (Phi) is 5.85. The third-order valence-corrected chi connectivity index (χ3v) is 7.12. The third-order valence-electron chi connectivity index (χ3n) is 7.12. The van der Waals surface area contributed by atoms with E-state index in [2.05, 4.69) is 59.6 Å². The second kappa shape index (κ2) is 8.94. The molecule has 2 aromatic rings. The molecule has 3 heterocycles. The zero-order chi connectivity index (χ0) is 22.9. The number of nitrogens with zero attached hydrogens (tertiary/aromatic N) is 2. The topological polar surface area (TPSA) is 69.7 Å². The molecule has 1 N–H and O–H groups in total. The summed E-state index contributed by atoms with van der Waals surface area (Å²) in [5.74, 6) is -0.750. The van der Waals surface area contributed by atoms with E-state index in [0.717, 1.165) is 38.0 Å². The van der Waals surface area contributed by atoms with E-state index in [1.807, 2.05) is 6.07 Å². The Labute approximate surface area is 194 Å². The number of amides is 3. The molecule has 33 heavy (non-hydrogen) atoms. The summed E-state index contributed by atoms with van der Waals surface area (Å²) in [6, 6.07) is 16.1. The van der Waals surface area contributed by atoms with Gasteiger partial charge in [0, 0.05) is 38.2 Å². The lowest BCUT2D eigenvalue weighted by molar-refractivity contribution is -0.136. The number of imide groups is 1. The van der Waals surface area contributed by atoms with Gasteiger partial charge in [0.2, 0.25) is 11.8 Å². The summed E-state index contributed by atoms with van der Waals surface area (Å²) in [7, 11) is 0. The summed E-state index contributed by atoms with van der Waals surface area (Å²) < 4.78 is 0. The second-order valence-electron chi connectivity index (χ2n) is 9.29. The van der Waals surface area contributed by atoms with Crippen LogP contribution in [-0.4, -0.2) is 46.7 Å². The molecule has 170 valence electrons. The van der Waals surface area contributed by atoms with Crippen LogP contribution in [0.5, 0.6) is 0 Å². The maximum atomic E-state index is 13.0. The van der Waals surface area contributed by atoms with Crippen molar-refractivity contribution in [2.75, 3.05) is 13.1 Å². The van der Waals surface area contributed by atoms with Gasteiger partial charge in [0.15, 0.2) is 0 Å². The Morgan fingerprint density at radius 2 is 1.76 bits per heavy atom. The van der Waals surface area contributed by atoms with Crippen molar-refractivity contribution >= 4 is 23.3 Å². The molecule has 0 aromatic heterocycles. The van der Waals surface area contributed by atoms with E-state index in [-0.39, 0.29) is 24.1 Å². The summed E-state index contributed by atoms with van der Waals surface area (Å²) in [4.78, 5) is 40.9. The predicted octanol–water partition coefficient (Wildman–Crippen LogP) is 3.52. The molecule has 1 atom stereocenters. The van der Waals surface area contributed by atoms with Gasteiger partial charge in [-0.3, -0.25) is 24.6 Å². The fourth-order valence-corrected chi connectivity index (χ4v) is 5.22. The van der Waals surface area contributed by atoms with Gasteiger partial charge < -0.3 is 4.90 Å². The number of carbonyl (C=O) groups excluding carboxylic acids is 3. The minimum absolute atomic E-state index is 0.119. The van der Waals surface area contributed by atoms with Gasteiger partial charge in [-0.25, -0.2) is 0 Å². The Morgan fingerprint density at radius 3 is 2.55 bits per heavy atom. The average Bonchev–Trinajstić information content (AvgIpc) is 3.01. The van der Waals surface area contributed by atoms with E-state index in [1.54, 1.807) is 4.90 Å². The van der Waals surface area contributed by atoms with Crippen molar-refractivity contribution < 1.29 is 14.4 Å². The summed E-state index contributed by atoms with van der Waals surface area (Å²) in [5.41, 5.74) is 6.90. The monoisotopic (exact) mass is 443 g/mol. The number of nitrogens with one attached hydrogen (secondary N) is 1. The highest BCUT2D eigenvalue weighted by atomic mass is 16.2. The highest BCUT2D eigenvalue weighted by Gasteiger charge is 2.39. The van der Waals surface area contributed by atoms with Crippen molar-refractivity contribution in [1.29, 1.82) is 0 Å². The first-order valence-corrected chi connectivity index (χ1v) is 11.7. The van der Waals surface area contributed by atoms with E-state index in [4.69, 9.17) is 0 Å². The van der Waals surface area contributed by atoms with Gasteiger partial charge in [-0.05, 0) is 60.6 Å². The Bertz CT molecular complexity index is 1140. The van der Waals surface area contributed by atoms with Crippen LogP contribution in [0, 0.1) is 0 Å². The molecule has 5 rings (SSSR count). The molecule has 6 heteroatoms. The number of carbonyl (C=O) groups is 3. The Morgan fingerprint density at radius 1 is 0.970 bits per heavy atom. The first-order valence-electron chi connectivity index (χ1n) is 11.7. The zero-order valence-electron chi connectivity index (χ0n) is 19.0. The summed E-state index contributed by atoms with van der Waals surface area (Å²) in [6.07, 6.45) is 2.66. The Balaban J connectivity index is 1.31. The number of benzene rings is 2. The molecular weight excluding hydrogens is 414 g/mol. The molecular formula is C27H29N3O3. The van der Waals surface area contributed by atoms with Gasteiger partial charge in [0.1, 0.15) is 6.04 Å². The molecule has 6 nitrogen and oxygen atoms in total. The van der Waals surface area contributed by atoms with Gasteiger partial charge in [0.25, 0.3) is 5.91 Å². The van der Waals surface area contributed by atoms with Crippen LogP contribution in [0.1, 0.15) is 59.7 Å². The van der Waals surface area contributed by atoms with Crippen LogP contribution >= 0.6 is 0 Å². The predicted molar refractivity (Wildman–Crippen MR) is 126 cm³/mol. The summed E-state index contributed by atoms with van der Waals surface area (Å²) in [5, 5.41) is 2.37. The number of fused-ring (bicyclic) bond motifs is 1. The fourth-order valence-electron chi connectivity index (χ4n) is 5.22. The lowest BCUT2D eigenvalue weighted by Crippen LogP contribution is -2.52. The zero-order valence-corrected chi connectivity index (χ0v) is 19.0. The fraction of sp³-hybridized carbons (Fsp3) is 0.370. The van der Waals surface area contributed by atoms with E-state index in [1.165, 1.54) is 22.3 Å². The SMILES string of the molecule is CC1=C(c2ccc3c(c2)CN(C2CCC(=O)NC2=O)C3=O)CCN(Cc2ccccc2)CC1. The first kappa shape index (κ1) is 21.6. The molecule has 0 aliphatic carbocycles. The maximum Gasteiger partial charge on any atom is 0.255 e. The second-order valence-corrected chi connectivity index (χ2v) is 9.29. The minimum atomic E-state index is -0.573. The van der Waals surface area contributed by atoms with Crippen LogP contribution in [0.3, 0.4) is 0 Å². The quantitative estimate of drug-likeness (QED) is 0.734. The highest BCUT2D eigenvalue weighted by Crippen LogP contribution is 2.33. The molecule has 0 bridgehead atoms. The smallest absolute Gasteiger partial charge is 0.255 e. The van der Waals surface area contributed by atoms with Gasteiger partial charge in [-0.2, -0.15) is 0 Å². The lowest BCUT2D eigenvalue weighted by atomic mass is 9.94. The van der Waals surface area contributed by atoms with Gasteiger partial charge >= 0.3 is 0 Å². The van der Waals surface area contributed by atoms with Crippen LogP contribution < -0.4 is 5.32 Å². The first-order chi connectivity index (χ1) is 16.0. The Hall–Kier alpha value is -3.25. The van der Waals surface area contributed by atoms with Crippen molar-refractivity contribution in [2.24, 2.45) is 0 Å². The van der Waals surface area contributed by atoms with Crippen LogP contribution in [-0.2, 0) is 22.7 Å². The molecule has 3 aliphatic heterocycles. The molecule has 3 aliphatic rings. The van der Waals surface area contributed by atoms with Crippen molar-refractivity contribution in [3.63, 3.8) is 0 Å². The number of rotatable bonds is 4. The summed E-state index contributed by atoms with van der Waals surface area (Å²) in [6.45, 7) is 5.63. The molecule has 1 saturated heterocycles. The molecule has 1 fully saturated rings. The summed E-state index contributed by atoms with van der Waals surface area (Å²) >= 11 is 0. The largest absolute Gasteiger partial charge is 0.322 e. The van der Waals surface area contributed by atoms with Crippen molar-refractivity contribution in [3.05, 3.63) is 76.4 Å². The van der Waals surface area contributed by atoms with Gasteiger partial charge in [0.05, 0.1) is 0 Å². The highest BCUT2D eigenvalue weighted by molar-refractivity contribution is 6.05. The van der Waals surface area contributed by atoms with Crippen molar-refractivity contribution in [1.82, 2.24) is 15.1 Å². The van der Waals surface area contributed by atoms with Crippen LogP contribution in [0.2, 0.25) is 0 Å². The van der Waals surface area contributed by atoms with Crippen LogP contribution in [0.4, 0.5) is 0 Å². The standard InChI is InChI=1S/C27H29N3O3/c1-18-11-13-29(16-19-5-3-2-4-6-19)14-12-22(18)20-7-8-23-21(15-20)17-30(27(23)33)24-9-10-25(31)28-26(24)32/h2-8,15,24H,9-14,16-17H2,1H3,(H,28,31,32). The number of hydrogen-bond acceptors (Lipinski definition) is 4. The van der Waals surface area contributed by atoms with Crippen molar-refractivity contribution in [3.8, 4) is 0 Å². The van der Waals surface area contributed by atoms with E-state index < -0.39 is 6.04 Å². The van der Waals surface area contributed by atoms with E-state index >= 15 is 0 Å². The van der Waals surface area contributed by atoms with Gasteiger partial charge in [-0.1, -0.05) is 42.0 Å². The normalized spacial score (nSPS) is 21.8. The lowest BCUT2D eigenvalue weighted by Gasteiger charge is -2.29. The molecule has 1 unspecified atom stereocenters. The minimum Gasteiger partial charge on any atom is -0.322 e. The van der Waals surface area contributed by atoms with Crippen LogP contribution in [0.15, 0.2) is 54.1 Å². The van der Waals surface area contributed by atoms with E-state index in [9.17, 15) is 14.4 Å². The van der Waals surface area contributed by atoms with Gasteiger partial charge in [-0.15, -0.1) is 0 Å². The number of hydrogen-bond donors (Lipinski definition) is 1. The number of piperidine rings is 1. The molecule has 0 saturated carbocycles. The molecule has 0 radical (unpaired) electrons.